The molecule has 29 heavy (non-hydrogen) atoms. The average molecular weight is 416 g/mol. The van der Waals surface area contributed by atoms with Crippen LogP contribution in [0.3, 0.4) is 0 Å². The maximum Gasteiger partial charge on any atom is 0.337 e. The van der Waals surface area contributed by atoms with Gasteiger partial charge in [-0.15, -0.1) is 0 Å². The summed E-state index contributed by atoms with van der Waals surface area (Å²) < 4.78 is 6.19. The Morgan fingerprint density at radius 3 is 2.66 bits per heavy atom. The summed E-state index contributed by atoms with van der Waals surface area (Å²) in [5.74, 6) is 0.0113. The first kappa shape index (κ1) is 20.6. The second-order valence-electron chi connectivity index (χ2n) is 6.53. The molecule has 2 aromatic heterocycles. The summed E-state index contributed by atoms with van der Waals surface area (Å²) in [5, 5.41) is 3.76. The van der Waals surface area contributed by atoms with E-state index in [4.69, 9.17) is 22.1 Å². The minimum atomic E-state index is -0.417. The Kier molecular flexibility index (Phi) is 6.33. The van der Waals surface area contributed by atoms with Crippen LogP contribution >= 0.6 is 11.6 Å². The van der Waals surface area contributed by atoms with E-state index >= 15 is 0 Å². The number of anilines is 2. The van der Waals surface area contributed by atoms with Crippen molar-refractivity contribution in [2.75, 3.05) is 24.7 Å². The van der Waals surface area contributed by atoms with E-state index in [1.54, 1.807) is 24.3 Å². The Morgan fingerprint density at radius 1 is 1.28 bits per heavy atom. The van der Waals surface area contributed by atoms with Gasteiger partial charge in [-0.3, -0.25) is 4.79 Å². The number of aromatic nitrogens is 3. The molecule has 0 radical (unpaired) electrons. The standard InChI is InChI=1S/C20H22ClN5O3/c1-3-4-9-23-17-15-16(24-20(22)25-17)14(21)11-26(18(15)27)10-12-5-7-13(8-6-12)19(28)29-2/h5-8,11H,3-4,9-10H2,1-2H3,(H3,22,23,24,25). The fraction of sp³-hybridized carbons (Fsp3) is 0.300. The van der Waals surface area contributed by atoms with E-state index in [-0.39, 0.29) is 18.1 Å². The van der Waals surface area contributed by atoms with Crippen LogP contribution in [0.15, 0.2) is 35.3 Å². The van der Waals surface area contributed by atoms with E-state index in [1.807, 2.05) is 0 Å². The van der Waals surface area contributed by atoms with Gasteiger partial charge in [-0.25, -0.2) is 9.78 Å². The lowest BCUT2D eigenvalue weighted by Crippen LogP contribution is -2.23. The molecular formula is C20H22ClN5O3. The van der Waals surface area contributed by atoms with Gasteiger partial charge in [-0.05, 0) is 24.1 Å². The molecule has 0 aliphatic heterocycles. The Balaban J connectivity index is 2.01. The molecular weight excluding hydrogens is 394 g/mol. The number of nitrogens with zero attached hydrogens (tertiary/aromatic N) is 3. The molecule has 2 heterocycles. The highest BCUT2D eigenvalue weighted by molar-refractivity contribution is 6.35. The van der Waals surface area contributed by atoms with Crippen molar-refractivity contribution < 1.29 is 9.53 Å². The van der Waals surface area contributed by atoms with Gasteiger partial charge in [0, 0.05) is 12.7 Å². The lowest BCUT2D eigenvalue weighted by Gasteiger charge is -2.13. The van der Waals surface area contributed by atoms with E-state index in [0.717, 1.165) is 18.4 Å². The van der Waals surface area contributed by atoms with Crippen molar-refractivity contribution in [1.82, 2.24) is 14.5 Å². The molecule has 1 aromatic carbocycles. The molecule has 0 aliphatic carbocycles. The average Bonchev–Trinajstić information content (AvgIpc) is 2.71. The van der Waals surface area contributed by atoms with E-state index in [0.29, 0.717) is 33.9 Å². The van der Waals surface area contributed by atoms with Crippen LogP contribution in [0.25, 0.3) is 10.9 Å². The first-order chi connectivity index (χ1) is 13.9. The third-order valence-electron chi connectivity index (χ3n) is 4.45. The van der Waals surface area contributed by atoms with Gasteiger partial charge in [0.2, 0.25) is 5.95 Å². The SMILES string of the molecule is CCCCNc1nc(N)nc2c(Cl)cn(Cc3ccc(C(=O)OC)cc3)c(=O)c12. The third kappa shape index (κ3) is 4.48. The molecule has 3 aromatic rings. The van der Waals surface area contributed by atoms with Crippen LogP contribution < -0.4 is 16.6 Å². The van der Waals surface area contributed by atoms with Gasteiger partial charge in [-0.1, -0.05) is 37.1 Å². The van der Waals surface area contributed by atoms with Gasteiger partial charge < -0.3 is 20.4 Å². The number of rotatable bonds is 7. The molecule has 9 heteroatoms. The normalized spacial score (nSPS) is 10.9. The highest BCUT2D eigenvalue weighted by Gasteiger charge is 2.16. The highest BCUT2D eigenvalue weighted by Crippen LogP contribution is 2.24. The zero-order valence-corrected chi connectivity index (χ0v) is 17.0. The predicted octanol–water partition coefficient (Wildman–Crippen LogP) is 3.07. The van der Waals surface area contributed by atoms with Crippen molar-refractivity contribution in [3.05, 3.63) is 57.0 Å². The quantitative estimate of drug-likeness (QED) is 0.450. The number of fused-ring (bicyclic) bond motifs is 1. The topological polar surface area (TPSA) is 112 Å². The van der Waals surface area contributed by atoms with E-state index in [1.165, 1.54) is 17.9 Å². The Hall–Kier alpha value is -3.13. The van der Waals surface area contributed by atoms with Crippen molar-refractivity contribution in [1.29, 1.82) is 0 Å². The number of halogens is 1. The molecule has 3 N–H and O–H groups in total. The van der Waals surface area contributed by atoms with Crippen LogP contribution in [0.4, 0.5) is 11.8 Å². The number of nitrogens with one attached hydrogen (secondary N) is 1. The van der Waals surface area contributed by atoms with Gasteiger partial charge in [-0.2, -0.15) is 4.98 Å². The van der Waals surface area contributed by atoms with Crippen LogP contribution in [0.1, 0.15) is 35.7 Å². The summed E-state index contributed by atoms with van der Waals surface area (Å²) >= 11 is 6.40. The van der Waals surface area contributed by atoms with Crippen molar-refractivity contribution >= 4 is 40.2 Å². The van der Waals surface area contributed by atoms with E-state index < -0.39 is 5.97 Å². The van der Waals surface area contributed by atoms with Crippen LogP contribution in [-0.2, 0) is 11.3 Å². The van der Waals surface area contributed by atoms with Gasteiger partial charge in [0.15, 0.2) is 0 Å². The molecule has 0 aliphatic rings. The fourth-order valence-corrected chi connectivity index (χ4v) is 3.20. The first-order valence-electron chi connectivity index (χ1n) is 9.21. The predicted molar refractivity (Wildman–Crippen MR) is 114 cm³/mol. The zero-order valence-electron chi connectivity index (χ0n) is 16.2. The van der Waals surface area contributed by atoms with Gasteiger partial charge in [0.05, 0.1) is 24.2 Å². The van der Waals surface area contributed by atoms with Crippen molar-refractivity contribution in [3.8, 4) is 0 Å². The monoisotopic (exact) mass is 415 g/mol. The summed E-state index contributed by atoms with van der Waals surface area (Å²) in [4.78, 5) is 33.1. The molecule has 0 spiro atoms. The molecule has 0 saturated heterocycles. The van der Waals surface area contributed by atoms with Crippen LogP contribution in [0.5, 0.6) is 0 Å². The molecule has 152 valence electrons. The Bertz CT molecular complexity index is 1100. The number of benzene rings is 1. The Morgan fingerprint density at radius 2 is 2.00 bits per heavy atom. The van der Waals surface area contributed by atoms with Crippen LogP contribution in [0, 0.1) is 0 Å². The first-order valence-corrected chi connectivity index (χ1v) is 9.59. The molecule has 0 bridgehead atoms. The maximum absolute atomic E-state index is 13.1. The zero-order chi connectivity index (χ0) is 21.0. The smallest absolute Gasteiger partial charge is 0.337 e. The maximum atomic E-state index is 13.1. The number of hydrogen-bond acceptors (Lipinski definition) is 7. The second-order valence-corrected chi connectivity index (χ2v) is 6.94. The Labute approximate surface area is 172 Å². The number of nitrogens with two attached hydrogens (primary N) is 1. The summed E-state index contributed by atoms with van der Waals surface area (Å²) in [5.41, 5.74) is 7.10. The number of unbranched alkanes of at least 4 members (excludes halogenated alkanes) is 1. The largest absolute Gasteiger partial charge is 0.465 e. The van der Waals surface area contributed by atoms with E-state index in [9.17, 15) is 9.59 Å². The number of hydrogen-bond donors (Lipinski definition) is 2. The summed E-state index contributed by atoms with van der Waals surface area (Å²) in [6.07, 6.45) is 3.45. The third-order valence-corrected chi connectivity index (χ3v) is 4.72. The van der Waals surface area contributed by atoms with E-state index in [2.05, 4.69) is 22.2 Å². The van der Waals surface area contributed by atoms with Gasteiger partial charge in [0.25, 0.3) is 5.56 Å². The second kappa shape index (κ2) is 8.91. The van der Waals surface area contributed by atoms with Crippen LogP contribution in [0.2, 0.25) is 5.02 Å². The minimum Gasteiger partial charge on any atom is -0.465 e. The van der Waals surface area contributed by atoms with Crippen LogP contribution in [-0.4, -0.2) is 34.2 Å². The fourth-order valence-electron chi connectivity index (χ4n) is 2.94. The number of esters is 1. The molecule has 0 amide bonds. The molecule has 0 atom stereocenters. The number of pyridine rings is 1. The molecule has 0 fully saturated rings. The van der Waals surface area contributed by atoms with Crippen molar-refractivity contribution in [2.24, 2.45) is 0 Å². The molecule has 3 rings (SSSR count). The number of methoxy groups -OCH3 is 1. The molecule has 8 nitrogen and oxygen atoms in total. The van der Waals surface area contributed by atoms with Gasteiger partial charge >= 0.3 is 5.97 Å². The highest BCUT2D eigenvalue weighted by atomic mass is 35.5. The molecule has 0 unspecified atom stereocenters. The minimum absolute atomic E-state index is 0.0500. The number of carbonyl (C=O) groups excluding carboxylic acids is 1. The van der Waals surface area contributed by atoms with Crippen molar-refractivity contribution in [3.63, 3.8) is 0 Å². The number of carbonyl (C=O) groups is 1. The van der Waals surface area contributed by atoms with Gasteiger partial charge in [0.1, 0.15) is 16.7 Å². The summed E-state index contributed by atoms with van der Waals surface area (Å²) in [7, 11) is 1.33. The number of ether oxygens (including phenoxy) is 1. The number of nitrogen functional groups attached to an aromatic ring is 1. The lowest BCUT2D eigenvalue weighted by molar-refractivity contribution is 0.0600. The van der Waals surface area contributed by atoms with Crippen molar-refractivity contribution in [2.45, 2.75) is 26.3 Å². The molecule has 0 saturated carbocycles. The summed E-state index contributed by atoms with van der Waals surface area (Å²) in [6.45, 7) is 3.00. The summed E-state index contributed by atoms with van der Waals surface area (Å²) in [6, 6.07) is 6.82. The lowest BCUT2D eigenvalue weighted by atomic mass is 10.1.